The van der Waals surface area contributed by atoms with E-state index in [4.69, 9.17) is 19.2 Å². The number of halogens is 1. The van der Waals surface area contributed by atoms with Crippen molar-refractivity contribution >= 4 is 5.95 Å². The fourth-order valence-corrected chi connectivity index (χ4v) is 4.40. The number of ether oxygens (including phenoxy) is 3. The fraction of sp³-hybridized carbons (Fsp3) is 0.480. The monoisotopic (exact) mass is 482 g/mol. The lowest BCUT2D eigenvalue weighted by molar-refractivity contribution is -0.237. The number of nitrogens with one attached hydrogen (secondary N) is 1. The van der Waals surface area contributed by atoms with Crippen LogP contribution in [-0.2, 0) is 14.2 Å². The molecular weight excluding hydrogens is 451 g/mol. The van der Waals surface area contributed by atoms with Crippen LogP contribution in [0.5, 0.6) is 0 Å². The van der Waals surface area contributed by atoms with Crippen molar-refractivity contribution in [3.05, 3.63) is 48.2 Å². The van der Waals surface area contributed by atoms with Crippen LogP contribution >= 0.6 is 0 Å². The van der Waals surface area contributed by atoms with Gasteiger partial charge in [-0.05, 0) is 30.3 Å². The molecule has 9 nitrogen and oxygen atoms in total. The Morgan fingerprint density at radius 1 is 1.09 bits per heavy atom. The van der Waals surface area contributed by atoms with Gasteiger partial charge in [-0.15, -0.1) is 0 Å². The molecule has 0 aliphatic carbocycles. The smallest absolute Gasteiger partial charge is 0.225 e. The minimum atomic E-state index is -0.629. The zero-order valence-electron chi connectivity index (χ0n) is 20.3. The molecule has 1 aromatic carbocycles. The maximum atomic E-state index is 13.6. The molecule has 1 N–H and O–H groups in total. The van der Waals surface area contributed by atoms with Crippen LogP contribution in [0.2, 0.25) is 0 Å². The quantitative estimate of drug-likeness (QED) is 0.573. The second kappa shape index (κ2) is 9.98. The van der Waals surface area contributed by atoms with Gasteiger partial charge in [-0.3, -0.25) is 4.90 Å². The Hall–Kier alpha value is -2.92. The van der Waals surface area contributed by atoms with Gasteiger partial charge in [-0.25, -0.2) is 19.3 Å². The average molecular weight is 483 g/mol. The second-order valence-electron chi connectivity index (χ2n) is 9.64. The summed E-state index contributed by atoms with van der Waals surface area (Å²) in [6.45, 7) is 7.55. The summed E-state index contributed by atoms with van der Waals surface area (Å²) in [6.07, 6.45) is 1.08. The van der Waals surface area contributed by atoms with Crippen LogP contribution in [0.1, 0.15) is 19.0 Å². The SMILES string of the molecule is CN(C)c1nccc(-c2[nH]c(C3OCC(C)(CN4CCOCC4)CO3)nc2-c2ccc(F)cc2)n1. The Kier molecular flexibility index (Phi) is 6.79. The van der Waals surface area contributed by atoms with Gasteiger partial charge >= 0.3 is 0 Å². The lowest BCUT2D eigenvalue weighted by Crippen LogP contribution is -2.48. The van der Waals surface area contributed by atoms with Crippen LogP contribution in [0, 0.1) is 11.2 Å². The van der Waals surface area contributed by atoms with E-state index in [-0.39, 0.29) is 11.2 Å². The van der Waals surface area contributed by atoms with E-state index >= 15 is 0 Å². The standard InChI is InChI=1S/C25H31FN6O3/c1-25(14-32-10-12-33-13-11-32)15-34-23(35-16-25)22-29-20(17-4-6-18(26)7-5-17)21(30-22)19-8-9-27-24(28-19)31(2)3/h4-9,23H,10-16H2,1-3H3,(H,29,30). The minimum absolute atomic E-state index is 0.115. The predicted octanol–water partition coefficient (Wildman–Crippen LogP) is 3.12. The summed E-state index contributed by atoms with van der Waals surface area (Å²) < 4.78 is 31.4. The Labute approximate surface area is 204 Å². The first-order valence-electron chi connectivity index (χ1n) is 11.8. The molecule has 3 aromatic rings. The number of imidazole rings is 1. The van der Waals surface area contributed by atoms with E-state index in [1.807, 2.05) is 25.1 Å². The van der Waals surface area contributed by atoms with Crippen LogP contribution < -0.4 is 4.90 Å². The van der Waals surface area contributed by atoms with Crippen molar-refractivity contribution in [3.8, 4) is 22.6 Å². The summed E-state index contributed by atoms with van der Waals surface area (Å²) in [5.41, 5.74) is 2.68. The van der Waals surface area contributed by atoms with E-state index < -0.39 is 6.29 Å². The Balaban J connectivity index is 1.40. The molecule has 0 amide bonds. The molecule has 2 aliphatic heterocycles. The van der Waals surface area contributed by atoms with Gasteiger partial charge in [0.2, 0.25) is 12.2 Å². The third-order valence-electron chi connectivity index (χ3n) is 6.24. The van der Waals surface area contributed by atoms with Crippen molar-refractivity contribution in [1.29, 1.82) is 0 Å². The van der Waals surface area contributed by atoms with Gasteiger partial charge in [0.15, 0.2) is 5.82 Å². The summed E-state index contributed by atoms with van der Waals surface area (Å²) in [5, 5.41) is 0. The summed E-state index contributed by atoms with van der Waals surface area (Å²) in [5.74, 6) is 0.826. The molecule has 2 aliphatic rings. The van der Waals surface area contributed by atoms with Crippen LogP contribution in [0.25, 0.3) is 22.6 Å². The molecule has 186 valence electrons. The Morgan fingerprint density at radius 3 is 2.49 bits per heavy atom. The molecule has 0 atom stereocenters. The van der Waals surface area contributed by atoms with E-state index in [2.05, 4.69) is 26.8 Å². The zero-order chi connectivity index (χ0) is 24.4. The number of aromatic amines is 1. The van der Waals surface area contributed by atoms with Crippen molar-refractivity contribution in [2.45, 2.75) is 13.2 Å². The van der Waals surface area contributed by atoms with Crippen molar-refractivity contribution < 1.29 is 18.6 Å². The number of aromatic nitrogens is 4. The summed E-state index contributed by atoms with van der Waals surface area (Å²) in [7, 11) is 3.77. The molecule has 10 heteroatoms. The lowest BCUT2D eigenvalue weighted by Gasteiger charge is -2.40. The van der Waals surface area contributed by atoms with Gasteiger partial charge in [-0.1, -0.05) is 6.92 Å². The van der Waals surface area contributed by atoms with Crippen molar-refractivity contribution in [2.75, 3.05) is 65.1 Å². The number of benzene rings is 1. The van der Waals surface area contributed by atoms with Crippen molar-refractivity contribution in [3.63, 3.8) is 0 Å². The summed E-state index contributed by atoms with van der Waals surface area (Å²) in [4.78, 5) is 21.4. The van der Waals surface area contributed by atoms with Crippen molar-refractivity contribution in [2.24, 2.45) is 5.41 Å². The van der Waals surface area contributed by atoms with E-state index in [1.165, 1.54) is 12.1 Å². The molecular formula is C25H31FN6O3. The number of hydrogen-bond donors (Lipinski definition) is 1. The first-order valence-corrected chi connectivity index (χ1v) is 11.8. The topological polar surface area (TPSA) is 88.6 Å². The second-order valence-corrected chi connectivity index (χ2v) is 9.64. The number of anilines is 1. The highest BCUT2D eigenvalue weighted by Gasteiger charge is 2.37. The molecule has 35 heavy (non-hydrogen) atoms. The number of nitrogens with zero attached hydrogens (tertiary/aromatic N) is 5. The van der Waals surface area contributed by atoms with Gasteiger partial charge in [0, 0.05) is 50.9 Å². The normalized spacial score (nSPS) is 23.4. The van der Waals surface area contributed by atoms with Crippen LogP contribution in [0.15, 0.2) is 36.5 Å². The van der Waals surface area contributed by atoms with E-state index in [0.29, 0.717) is 42.1 Å². The van der Waals surface area contributed by atoms with E-state index in [1.54, 1.807) is 18.3 Å². The molecule has 0 bridgehead atoms. The highest BCUT2D eigenvalue weighted by atomic mass is 19.1. The van der Waals surface area contributed by atoms with Gasteiger partial charge in [0.05, 0.1) is 43.5 Å². The molecule has 4 heterocycles. The molecule has 0 radical (unpaired) electrons. The van der Waals surface area contributed by atoms with Gasteiger partial charge in [-0.2, -0.15) is 0 Å². The van der Waals surface area contributed by atoms with Crippen LogP contribution in [-0.4, -0.2) is 85.0 Å². The Morgan fingerprint density at radius 2 is 1.80 bits per heavy atom. The third kappa shape index (κ3) is 5.35. The summed E-state index contributed by atoms with van der Waals surface area (Å²) >= 11 is 0. The van der Waals surface area contributed by atoms with E-state index in [9.17, 15) is 4.39 Å². The molecule has 2 saturated heterocycles. The number of hydrogen-bond acceptors (Lipinski definition) is 8. The van der Waals surface area contributed by atoms with Crippen LogP contribution in [0.3, 0.4) is 0 Å². The van der Waals surface area contributed by atoms with E-state index in [0.717, 1.165) is 38.4 Å². The maximum absolute atomic E-state index is 13.6. The molecule has 2 fully saturated rings. The van der Waals surface area contributed by atoms with Gasteiger partial charge in [0.25, 0.3) is 0 Å². The maximum Gasteiger partial charge on any atom is 0.225 e. The van der Waals surface area contributed by atoms with Crippen molar-refractivity contribution in [1.82, 2.24) is 24.8 Å². The predicted molar refractivity (Wildman–Crippen MR) is 129 cm³/mol. The first-order chi connectivity index (χ1) is 16.9. The lowest BCUT2D eigenvalue weighted by atomic mass is 9.91. The van der Waals surface area contributed by atoms with Gasteiger partial charge < -0.3 is 24.1 Å². The zero-order valence-corrected chi connectivity index (χ0v) is 20.3. The molecule has 0 spiro atoms. The molecule has 0 saturated carbocycles. The molecule has 5 rings (SSSR count). The average Bonchev–Trinajstić information content (AvgIpc) is 3.31. The van der Waals surface area contributed by atoms with Crippen LogP contribution in [0.4, 0.5) is 10.3 Å². The number of H-pyrrole nitrogens is 1. The molecule has 2 aromatic heterocycles. The number of rotatable bonds is 6. The number of morpholine rings is 1. The molecule has 0 unspecified atom stereocenters. The largest absolute Gasteiger partial charge is 0.379 e. The summed E-state index contributed by atoms with van der Waals surface area (Å²) in [6, 6.07) is 8.07. The minimum Gasteiger partial charge on any atom is -0.379 e. The highest BCUT2D eigenvalue weighted by molar-refractivity contribution is 5.77. The van der Waals surface area contributed by atoms with Gasteiger partial charge in [0.1, 0.15) is 5.82 Å². The highest BCUT2D eigenvalue weighted by Crippen LogP contribution is 2.36. The third-order valence-corrected chi connectivity index (χ3v) is 6.24. The first kappa shape index (κ1) is 23.8. The fourth-order valence-electron chi connectivity index (χ4n) is 4.40. The Bertz CT molecular complexity index is 1140.